The van der Waals surface area contributed by atoms with Gasteiger partial charge in [0.25, 0.3) is 11.8 Å². The van der Waals surface area contributed by atoms with Crippen molar-refractivity contribution in [1.29, 1.82) is 0 Å². The van der Waals surface area contributed by atoms with Gasteiger partial charge in [0.1, 0.15) is 10.9 Å². The first-order valence-electron chi connectivity index (χ1n) is 11.5. The molecule has 3 aromatic rings. The maximum absolute atomic E-state index is 13.6. The Bertz CT molecular complexity index is 1420. The fourth-order valence-electron chi connectivity index (χ4n) is 4.33. The molecule has 2 aliphatic rings. The Morgan fingerprint density at radius 3 is 2.36 bits per heavy atom. The molecular weight excluding hydrogens is 490 g/mol. The van der Waals surface area contributed by atoms with E-state index in [9.17, 15) is 14.4 Å². The minimum Gasteiger partial charge on any atom is -0.324 e. The molecule has 0 saturated carbocycles. The largest absolute Gasteiger partial charge is 0.324 e. The molecule has 3 amide bonds. The summed E-state index contributed by atoms with van der Waals surface area (Å²) in [4.78, 5) is 43.2. The van der Waals surface area contributed by atoms with Crippen molar-refractivity contribution in [3.63, 3.8) is 0 Å². The molecule has 1 fully saturated rings. The van der Waals surface area contributed by atoms with E-state index in [4.69, 9.17) is 12.2 Å². The van der Waals surface area contributed by atoms with E-state index in [-0.39, 0.29) is 24.3 Å². The number of thioether (sulfide) groups is 1. The lowest BCUT2D eigenvalue weighted by molar-refractivity contribution is -0.122. The third kappa shape index (κ3) is 4.57. The summed E-state index contributed by atoms with van der Waals surface area (Å²) < 4.78 is 0.430. The monoisotopic (exact) mass is 513 g/mol. The predicted molar refractivity (Wildman–Crippen MR) is 148 cm³/mol. The number of hydrogen-bond donors (Lipinski definition) is 1. The van der Waals surface area contributed by atoms with Crippen LogP contribution in [0.25, 0.3) is 5.57 Å². The summed E-state index contributed by atoms with van der Waals surface area (Å²) in [5.74, 6) is -0.964. The Balaban J connectivity index is 1.40. The molecule has 0 aliphatic carbocycles. The van der Waals surface area contributed by atoms with Gasteiger partial charge in [-0.05, 0) is 36.6 Å². The molecule has 5 rings (SSSR count). The highest BCUT2D eigenvalue weighted by atomic mass is 32.2. The molecule has 6 nitrogen and oxygen atoms in total. The van der Waals surface area contributed by atoms with Crippen LogP contribution < -0.4 is 10.2 Å². The fraction of sp³-hybridized carbons (Fsp3) is 0.143. The van der Waals surface area contributed by atoms with E-state index in [1.54, 1.807) is 17.0 Å². The van der Waals surface area contributed by atoms with Gasteiger partial charge < -0.3 is 5.32 Å². The van der Waals surface area contributed by atoms with Crippen LogP contribution in [0.2, 0.25) is 0 Å². The summed E-state index contributed by atoms with van der Waals surface area (Å²) in [5.41, 5.74) is 4.27. The van der Waals surface area contributed by atoms with Crippen molar-refractivity contribution in [1.82, 2.24) is 4.90 Å². The zero-order chi connectivity index (χ0) is 25.2. The van der Waals surface area contributed by atoms with Crippen LogP contribution >= 0.6 is 24.0 Å². The SMILES string of the molecule is Cc1ccccc1NC(=O)CN1C(=O)C(=C2SC(=S)N(CCc3ccccc3)C2=O)c2ccccc21. The lowest BCUT2D eigenvalue weighted by Gasteiger charge is -2.17. The number of nitrogens with one attached hydrogen (secondary N) is 1. The molecule has 2 heterocycles. The van der Waals surface area contributed by atoms with E-state index in [2.05, 4.69) is 5.32 Å². The number of carbonyl (C=O) groups is 3. The Morgan fingerprint density at radius 2 is 1.58 bits per heavy atom. The number of anilines is 2. The van der Waals surface area contributed by atoms with Gasteiger partial charge >= 0.3 is 0 Å². The topological polar surface area (TPSA) is 69.7 Å². The van der Waals surface area contributed by atoms with Gasteiger partial charge in [0.05, 0.1) is 16.2 Å². The number of aryl methyl sites for hydroxylation is 1. The molecule has 1 saturated heterocycles. The van der Waals surface area contributed by atoms with Gasteiger partial charge in [0.15, 0.2) is 0 Å². The summed E-state index contributed by atoms with van der Waals surface area (Å²) in [6.45, 7) is 2.18. The molecule has 180 valence electrons. The average molecular weight is 514 g/mol. The molecule has 8 heteroatoms. The highest BCUT2D eigenvalue weighted by molar-refractivity contribution is 8.26. The van der Waals surface area contributed by atoms with Crippen LogP contribution in [0.3, 0.4) is 0 Å². The quantitative estimate of drug-likeness (QED) is 0.379. The molecule has 1 N–H and O–H groups in total. The first-order valence-corrected chi connectivity index (χ1v) is 12.7. The summed E-state index contributed by atoms with van der Waals surface area (Å²) in [6, 6.07) is 24.6. The van der Waals surface area contributed by atoms with Gasteiger partial charge in [-0.2, -0.15) is 0 Å². The normalized spacial score (nSPS) is 17.1. The number of hydrogen-bond acceptors (Lipinski definition) is 5. The lowest BCUT2D eigenvalue weighted by atomic mass is 10.1. The number of benzene rings is 3. The van der Waals surface area contributed by atoms with Crippen LogP contribution in [0.4, 0.5) is 11.4 Å². The minimum atomic E-state index is -0.375. The molecule has 0 bridgehead atoms. The number of carbonyl (C=O) groups excluding carboxylic acids is 3. The molecule has 0 spiro atoms. The Hall–Kier alpha value is -3.75. The average Bonchev–Trinajstić information content (AvgIpc) is 3.31. The van der Waals surface area contributed by atoms with Crippen LogP contribution in [0, 0.1) is 6.92 Å². The summed E-state index contributed by atoms with van der Waals surface area (Å²) in [6.07, 6.45) is 0.658. The highest BCUT2D eigenvalue weighted by Crippen LogP contribution is 2.44. The van der Waals surface area contributed by atoms with Crippen molar-refractivity contribution in [3.05, 3.63) is 100 Å². The number of amides is 3. The van der Waals surface area contributed by atoms with Crippen LogP contribution in [-0.2, 0) is 20.8 Å². The second-order valence-electron chi connectivity index (χ2n) is 8.54. The van der Waals surface area contributed by atoms with Crippen molar-refractivity contribution in [2.75, 3.05) is 23.3 Å². The smallest absolute Gasteiger partial charge is 0.267 e. The maximum atomic E-state index is 13.6. The van der Waals surface area contributed by atoms with Crippen molar-refractivity contribution in [3.8, 4) is 0 Å². The molecule has 0 atom stereocenters. The van der Waals surface area contributed by atoms with Gasteiger partial charge in [-0.3, -0.25) is 24.2 Å². The molecule has 3 aromatic carbocycles. The number of para-hydroxylation sites is 2. The molecule has 0 radical (unpaired) electrons. The first kappa shape index (κ1) is 24.0. The molecule has 0 unspecified atom stereocenters. The van der Waals surface area contributed by atoms with Crippen LogP contribution in [0.15, 0.2) is 83.8 Å². The van der Waals surface area contributed by atoms with E-state index < -0.39 is 0 Å². The third-order valence-corrected chi connectivity index (χ3v) is 7.64. The fourth-order valence-corrected chi connectivity index (χ4v) is 5.71. The second-order valence-corrected chi connectivity index (χ2v) is 10.2. The number of fused-ring (bicyclic) bond motifs is 1. The number of nitrogens with zero attached hydrogens (tertiary/aromatic N) is 2. The van der Waals surface area contributed by atoms with E-state index in [0.29, 0.717) is 44.7 Å². The summed E-state index contributed by atoms with van der Waals surface area (Å²) >= 11 is 6.66. The molecule has 36 heavy (non-hydrogen) atoms. The van der Waals surface area contributed by atoms with Gasteiger partial charge in [0, 0.05) is 17.8 Å². The lowest BCUT2D eigenvalue weighted by Crippen LogP contribution is -2.36. The Morgan fingerprint density at radius 1 is 0.889 bits per heavy atom. The van der Waals surface area contributed by atoms with E-state index in [1.165, 1.54) is 4.90 Å². The number of rotatable bonds is 6. The van der Waals surface area contributed by atoms with Crippen molar-refractivity contribution in [2.45, 2.75) is 13.3 Å². The molecular formula is C28H23N3O3S2. The standard InChI is InChI=1S/C28H23N3O3S2/c1-18-9-5-7-13-21(18)29-23(32)17-31-22-14-8-6-12-20(22)24(26(31)33)25-27(34)30(28(35)36-25)16-15-19-10-3-2-4-11-19/h2-14H,15-17H2,1H3,(H,29,32). The van der Waals surface area contributed by atoms with E-state index >= 15 is 0 Å². The zero-order valence-electron chi connectivity index (χ0n) is 19.6. The number of thiocarbonyl (C=S) groups is 1. The Labute approximate surface area is 219 Å². The highest BCUT2D eigenvalue weighted by Gasteiger charge is 2.42. The van der Waals surface area contributed by atoms with Gasteiger partial charge in [0.2, 0.25) is 5.91 Å². The van der Waals surface area contributed by atoms with Crippen molar-refractivity contribution in [2.24, 2.45) is 0 Å². The van der Waals surface area contributed by atoms with Gasteiger partial charge in [-0.15, -0.1) is 0 Å². The van der Waals surface area contributed by atoms with Gasteiger partial charge in [-0.1, -0.05) is 90.7 Å². The summed E-state index contributed by atoms with van der Waals surface area (Å²) in [5, 5.41) is 2.88. The van der Waals surface area contributed by atoms with Crippen LogP contribution in [0.5, 0.6) is 0 Å². The van der Waals surface area contributed by atoms with Crippen molar-refractivity contribution >= 4 is 63.0 Å². The van der Waals surface area contributed by atoms with Crippen molar-refractivity contribution < 1.29 is 14.4 Å². The Kier molecular flexibility index (Phi) is 6.71. The minimum absolute atomic E-state index is 0.165. The first-order chi connectivity index (χ1) is 17.4. The van der Waals surface area contributed by atoms with Crippen LogP contribution in [0.1, 0.15) is 16.7 Å². The maximum Gasteiger partial charge on any atom is 0.267 e. The van der Waals surface area contributed by atoms with E-state index in [0.717, 1.165) is 22.9 Å². The molecule has 2 aliphatic heterocycles. The van der Waals surface area contributed by atoms with Crippen LogP contribution in [-0.4, -0.2) is 40.0 Å². The molecule has 0 aromatic heterocycles. The second kappa shape index (κ2) is 10.1. The predicted octanol–water partition coefficient (Wildman–Crippen LogP) is 4.79. The summed E-state index contributed by atoms with van der Waals surface area (Å²) in [7, 11) is 0. The van der Waals surface area contributed by atoms with Gasteiger partial charge in [-0.25, -0.2) is 0 Å². The van der Waals surface area contributed by atoms with E-state index in [1.807, 2.05) is 73.7 Å². The third-order valence-electron chi connectivity index (χ3n) is 6.19. The zero-order valence-corrected chi connectivity index (χ0v) is 21.2.